The largest absolute Gasteiger partial charge is 0.316 e. The first kappa shape index (κ1) is 13.2. The third kappa shape index (κ3) is 4.31. The molecule has 16 heavy (non-hydrogen) atoms. The minimum absolute atomic E-state index is 0.339. The Labute approximate surface area is 98.5 Å². The average Bonchev–Trinajstić information content (AvgIpc) is 2.58. The van der Waals surface area contributed by atoms with E-state index in [0.717, 1.165) is 25.3 Å². The number of hydrogen-bond acceptors (Lipinski definition) is 3. The molecule has 0 atom stereocenters. The molecular formula is C12H24N4. The molecule has 0 bridgehead atoms. The number of rotatable bonds is 5. The molecule has 0 aliphatic heterocycles. The van der Waals surface area contributed by atoms with Crippen molar-refractivity contribution in [2.75, 3.05) is 13.1 Å². The van der Waals surface area contributed by atoms with E-state index in [2.05, 4.69) is 54.7 Å². The van der Waals surface area contributed by atoms with Crippen LogP contribution in [0.1, 0.15) is 46.5 Å². The summed E-state index contributed by atoms with van der Waals surface area (Å²) >= 11 is 0. The fourth-order valence-electron chi connectivity index (χ4n) is 1.54. The summed E-state index contributed by atoms with van der Waals surface area (Å²) in [7, 11) is 0. The topological polar surface area (TPSA) is 42.7 Å². The molecule has 1 rings (SSSR count). The second-order valence-corrected chi connectivity index (χ2v) is 5.74. The molecule has 4 heteroatoms. The first-order valence-corrected chi connectivity index (χ1v) is 5.99. The van der Waals surface area contributed by atoms with E-state index in [-0.39, 0.29) is 0 Å². The molecule has 1 aromatic heterocycles. The highest BCUT2D eigenvalue weighted by molar-refractivity contribution is 4.88. The van der Waals surface area contributed by atoms with Gasteiger partial charge in [-0.1, -0.05) is 20.8 Å². The molecule has 0 aromatic carbocycles. The predicted octanol–water partition coefficient (Wildman–Crippen LogP) is 2.04. The van der Waals surface area contributed by atoms with Gasteiger partial charge < -0.3 is 9.88 Å². The maximum absolute atomic E-state index is 4.14. The maximum atomic E-state index is 4.14. The standard InChI is InChI=1S/C12H24N4/c1-10(2)16-9-14-15-11(16)6-7-13-8-12(3,4)5/h9-10,13H,6-8H2,1-5H3. The third-order valence-corrected chi connectivity index (χ3v) is 2.38. The lowest BCUT2D eigenvalue weighted by Crippen LogP contribution is -2.29. The van der Waals surface area contributed by atoms with Crippen LogP contribution in [-0.2, 0) is 6.42 Å². The number of hydrogen-bond donors (Lipinski definition) is 1. The van der Waals surface area contributed by atoms with Crippen LogP contribution in [0, 0.1) is 5.41 Å². The quantitative estimate of drug-likeness (QED) is 0.778. The summed E-state index contributed by atoms with van der Waals surface area (Å²) < 4.78 is 2.12. The van der Waals surface area contributed by atoms with Gasteiger partial charge in [0.05, 0.1) is 0 Å². The Hall–Kier alpha value is -0.900. The van der Waals surface area contributed by atoms with Gasteiger partial charge >= 0.3 is 0 Å². The molecule has 0 aliphatic rings. The van der Waals surface area contributed by atoms with Gasteiger partial charge in [-0.2, -0.15) is 0 Å². The van der Waals surface area contributed by atoms with Crippen molar-refractivity contribution in [3.05, 3.63) is 12.2 Å². The molecule has 0 aliphatic carbocycles. The SMILES string of the molecule is CC(C)n1cnnc1CCNCC(C)(C)C. The van der Waals surface area contributed by atoms with Crippen LogP contribution >= 0.6 is 0 Å². The van der Waals surface area contributed by atoms with Gasteiger partial charge in [0, 0.05) is 25.6 Å². The van der Waals surface area contributed by atoms with E-state index >= 15 is 0 Å². The van der Waals surface area contributed by atoms with Crippen molar-refractivity contribution in [2.24, 2.45) is 5.41 Å². The van der Waals surface area contributed by atoms with Crippen molar-refractivity contribution >= 4 is 0 Å². The van der Waals surface area contributed by atoms with Crippen molar-refractivity contribution in [3.8, 4) is 0 Å². The lowest BCUT2D eigenvalue weighted by atomic mass is 9.97. The second kappa shape index (κ2) is 5.43. The van der Waals surface area contributed by atoms with Crippen molar-refractivity contribution in [3.63, 3.8) is 0 Å². The van der Waals surface area contributed by atoms with Gasteiger partial charge in [0.15, 0.2) is 0 Å². The molecule has 4 nitrogen and oxygen atoms in total. The Morgan fingerprint density at radius 3 is 2.62 bits per heavy atom. The third-order valence-electron chi connectivity index (χ3n) is 2.38. The van der Waals surface area contributed by atoms with E-state index in [9.17, 15) is 0 Å². The Morgan fingerprint density at radius 1 is 1.38 bits per heavy atom. The lowest BCUT2D eigenvalue weighted by molar-refractivity contribution is 0.380. The minimum atomic E-state index is 0.339. The first-order valence-electron chi connectivity index (χ1n) is 5.99. The Morgan fingerprint density at radius 2 is 2.06 bits per heavy atom. The number of nitrogens with zero attached hydrogens (tertiary/aromatic N) is 3. The van der Waals surface area contributed by atoms with Crippen LogP contribution in [0.4, 0.5) is 0 Å². The average molecular weight is 224 g/mol. The normalized spacial score (nSPS) is 12.4. The monoisotopic (exact) mass is 224 g/mol. The van der Waals surface area contributed by atoms with Crippen molar-refractivity contribution < 1.29 is 0 Å². The highest BCUT2D eigenvalue weighted by Gasteiger charge is 2.10. The number of nitrogens with one attached hydrogen (secondary N) is 1. The lowest BCUT2D eigenvalue weighted by Gasteiger charge is -2.18. The van der Waals surface area contributed by atoms with E-state index in [1.165, 1.54) is 0 Å². The predicted molar refractivity (Wildman–Crippen MR) is 66.4 cm³/mol. The summed E-state index contributed by atoms with van der Waals surface area (Å²) in [6.07, 6.45) is 2.75. The Kier molecular flexibility index (Phi) is 4.47. The zero-order chi connectivity index (χ0) is 12.2. The molecule has 0 saturated carbocycles. The van der Waals surface area contributed by atoms with Gasteiger partial charge in [-0.05, 0) is 19.3 Å². The van der Waals surface area contributed by atoms with Gasteiger partial charge in [0.1, 0.15) is 12.2 Å². The van der Waals surface area contributed by atoms with Crippen LogP contribution < -0.4 is 5.32 Å². The highest BCUT2D eigenvalue weighted by atomic mass is 15.3. The highest BCUT2D eigenvalue weighted by Crippen LogP contribution is 2.10. The second-order valence-electron chi connectivity index (χ2n) is 5.74. The van der Waals surface area contributed by atoms with Crippen LogP contribution in [0.25, 0.3) is 0 Å². The van der Waals surface area contributed by atoms with E-state index < -0.39 is 0 Å². The van der Waals surface area contributed by atoms with Crippen LogP contribution in [0.15, 0.2) is 6.33 Å². The zero-order valence-electron chi connectivity index (χ0n) is 11.1. The summed E-state index contributed by atoms with van der Waals surface area (Å²) in [4.78, 5) is 0. The molecule has 0 spiro atoms. The summed E-state index contributed by atoms with van der Waals surface area (Å²) in [5.74, 6) is 1.07. The molecule has 0 amide bonds. The van der Waals surface area contributed by atoms with E-state index in [1.807, 2.05) is 6.33 Å². The van der Waals surface area contributed by atoms with Gasteiger partial charge in [-0.3, -0.25) is 0 Å². The van der Waals surface area contributed by atoms with Gasteiger partial charge in [-0.15, -0.1) is 10.2 Å². The van der Waals surface area contributed by atoms with Crippen LogP contribution in [0.3, 0.4) is 0 Å². The van der Waals surface area contributed by atoms with E-state index in [0.29, 0.717) is 11.5 Å². The van der Waals surface area contributed by atoms with Gasteiger partial charge in [0.25, 0.3) is 0 Å². The summed E-state index contributed by atoms with van der Waals surface area (Å²) in [6.45, 7) is 13.0. The minimum Gasteiger partial charge on any atom is -0.316 e. The molecule has 0 fully saturated rings. The van der Waals surface area contributed by atoms with E-state index in [4.69, 9.17) is 0 Å². The summed E-state index contributed by atoms with van der Waals surface area (Å²) in [6, 6.07) is 0.438. The van der Waals surface area contributed by atoms with Gasteiger partial charge in [-0.25, -0.2) is 0 Å². The summed E-state index contributed by atoms with van der Waals surface area (Å²) in [5.41, 5.74) is 0.339. The molecule has 92 valence electrons. The van der Waals surface area contributed by atoms with E-state index in [1.54, 1.807) is 0 Å². The smallest absolute Gasteiger partial charge is 0.134 e. The first-order chi connectivity index (χ1) is 7.40. The van der Waals surface area contributed by atoms with Crippen LogP contribution in [0.2, 0.25) is 0 Å². The Bertz CT molecular complexity index is 309. The fourth-order valence-corrected chi connectivity index (χ4v) is 1.54. The van der Waals surface area contributed by atoms with Crippen LogP contribution in [0.5, 0.6) is 0 Å². The molecule has 1 aromatic rings. The molecule has 0 radical (unpaired) electrons. The molecule has 1 N–H and O–H groups in total. The van der Waals surface area contributed by atoms with Gasteiger partial charge in [0.2, 0.25) is 0 Å². The molecule has 0 unspecified atom stereocenters. The van der Waals surface area contributed by atoms with Crippen LogP contribution in [-0.4, -0.2) is 27.9 Å². The zero-order valence-corrected chi connectivity index (χ0v) is 11.1. The van der Waals surface area contributed by atoms with Crippen molar-refractivity contribution in [2.45, 2.75) is 47.1 Å². The molecule has 1 heterocycles. The number of aromatic nitrogens is 3. The van der Waals surface area contributed by atoms with Crippen molar-refractivity contribution in [1.82, 2.24) is 20.1 Å². The maximum Gasteiger partial charge on any atom is 0.134 e. The van der Waals surface area contributed by atoms with Crippen molar-refractivity contribution in [1.29, 1.82) is 0 Å². The molecule has 0 saturated heterocycles. The Balaban J connectivity index is 2.35. The molecular weight excluding hydrogens is 200 g/mol. The fraction of sp³-hybridized carbons (Fsp3) is 0.833. The summed E-state index contributed by atoms with van der Waals surface area (Å²) in [5, 5.41) is 11.5.